The van der Waals surface area contributed by atoms with Gasteiger partial charge in [-0.1, -0.05) is 238 Å². The SMILES string of the molecule is CC\C=C/C=C\C=C/C=C\C=C/CCCCCC(=O)OC(COC(=O)CC/C=C\C/C=C\C/C=C\C/C=C\C/C=C\C/C=C\CC)COC(=O)CCCCCCCCCCCCCCC. The molecule has 0 saturated carbocycles. The Hall–Kier alpha value is -4.45. The van der Waals surface area contributed by atoms with Crippen LogP contribution in [0.4, 0.5) is 0 Å². The summed E-state index contributed by atoms with van der Waals surface area (Å²) in [5, 5.41) is 0. The Kier molecular flexibility index (Phi) is 48.6. The topological polar surface area (TPSA) is 78.9 Å². The molecule has 0 aliphatic carbocycles. The Bertz CT molecular complexity index is 1450. The van der Waals surface area contributed by atoms with Gasteiger partial charge >= 0.3 is 17.9 Å². The first-order valence-corrected chi connectivity index (χ1v) is 25.8. The van der Waals surface area contributed by atoms with Gasteiger partial charge in [0.15, 0.2) is 6.10 Å². The fourth-order valence-electron chi connectivity index (χ4n) is 6.49. The van der Waals surface area contributed by atoms with Crippen LogP contribution in [0.25, 0.3) is 0 Å². The summed E-state index contributed by atoms with van der Waals surface area (Å²) in [6.07, 6.45) is 73.0. The molecule has 364 valence electrons. The lowest BCUT2D eigenvalue weighted by molar-refractivity contribution is -0.166. The number of ether oxygens (including phenoxy) is 3. The van der Waals surface area contributed by atoms with E-state index in [9.17, 15) is 14.4 Å². The van der Waals surface area contributed by atoms with Gasteiger partial charge in [-0.05, 0) is 77.0 Å². The normalized spacial score (nSPS) is 13.2. The van der Waals surface area contributed by atoms with Gasteiger partial charge in [0.05, 0.1) is 0 Å². The summed E-state index contributed by atoms with van der Waals surface area (Å²) in [6, 6.07) is 0. The second-order valence-corrected chi connectivity index (χ2v) is 16.4. The molecule has 0 rings (SSSR count). The molecule has 0 heterocycles. The number of unbranched alkanes of at least 4 members (excludes halogenated alkanes) is 15. The lowest BCUT2D eigenvalue weighted by Gasteiger charge is -2.18. The van der Waals surface area contributed by atoms with E-state index in [-0.39, 0.29) is 44.0 Å². The third-order valence-corrected chi connectivity index (χ3v) is 10.3. The average Bonchev–Trinajstić information content (AvgIpc) is 3.30. The fraction of sp³-hybridized carbons (Fsp3) is 0.576. The number of carbonyl (C=O) groups excluding carboxylic acids is 3. The van der Waals surface area contributed by atoms with Gasteiger partial charge < -0.3 is 14.2 Å². The molecule has 0 amide bonds. The highest BCUT2D eigenvalue weighted by Gasteiger charge is 2.19. The van der Waals surface area contributed by atoms with Crippen molar-refractivity contribution < 1.29 is 28.6 Å². The molecule has 0 aromatic carbocycles. The second kappa shape index (κ2) is 52.2. The quantitative estimate of drug-likeness (QED) is 0.0199. The zero-order chi connectivity index (χ0) is 47.2. The number of hydrogen-bond acceptors (Lipinski definition) is 6. The predicted molar refractivity (Wildman–Crippen MR) is 279 cm³/mol. The summed E-state index contributed by atoms with van der Waals surface area (Å²) >= 11 is 0. The van der Waals surface area contributed by atoms with E-state index in [0.717, 1.165) is 83.5 Å². The average molecular weight is 897 g/mol. The number of esters is 3. The van der Waals surface area contributed by atoms with E-state index in [0.29, 0.717) is 19.3 Å². The van der Waals surface area contributed by atoms with E-state index >= 15 is 0 Å². The van der Waals surface area contributed by atoms with Gasteiger partial charge in [0.2, 0.25) is 0 Å². The van der Waals surface area contributed by atoms with E-state index in [1.165, 1.54) is 64.2 Å². The molecule has 0 saturated heterocycles. The molecular weight excluding hydrogens is 805 g/mol. The third-order valence-electron chi connectivity index (χ3n) is 10.3. The van der Waals surface area contributed by atoms with Crippen LogP contribution >= 0.6 is 0 Å². The minimum atomic E-state index is -0.833. The second-order valence-electron chi connectivity index (χ2n) is 16.4. The molecule has 0 bridgehead atoms. The van der Waals surface area contributed by atoms with Crippen LogP contribution in [0, 0.1) is 0 Å². The van der Waals surface area contributed by atoms with Crippen LogP contribution in [0.1, 0.15) is 201 Å². The van der Waals surface area contributed by atoms with E-state index in [4.69, 9.17) is 14.2 Å². The highest BCUT2D eigenvalue weighted by Crippen LogP contribution is 2.14. The number of hydrogen-bond donors (Lipinski definition) is 0. The van der Waals surface area contributed by atoms with Crippen LogP contribution in [0.15, 0.2) is 134 Å². The predicted octanol–water partition coefficient (Wildman–Crippen LogP) is 17.1. The van der Waals surface area contributed by atoms with Crippen molar-refractivity contribution >= 4 is 17.9 Å². The van der Waals surface area contributed by atoms with Crippen LogP contribution in [0.2, 0.25) is 0 Å². The van der Waals surface area contributed by atoms with Crippen molar-refractivity contribution in [3.8, 4) is 0 Å². The van der Waals surface area contributed by atoms with Crippen molar-refractivity contribution in [3.63, 3.8) is 0 Å². The smallest absolute Gasteiger partial charge is 0.306 e. The molecular formula is C59H92O6. The fourth-order valence-corrected chi connectivity index (χ4v) is 6.49. The first-order valence-electron chi connectivity index (χ1n) is 25.8. The Labute approximate surface area is 398 Å². The van der Waals surface area contributed by atoms with Crippen LogP contribution in [-0.4, -0.2) is 37.2 Å². The van der Waals surface area contributed by atoms with Crippen molar-refractivity contribution in [1.82, 2.24) is 0 Å². The summed E-state index contributed by atoms with van der Waals surface area (Å²) in [7, 11) is 0. The highest BCUT2D eigenvalue weighted by atomic mass is 16.6. The van der Waals surface area contributed by atoms with E-state index in [1.807, 2.05) is 60.8 Å². The minimum Gasteiger partial charge on any atom is -0.462 e. The van der Waals surface area contributed by atoms with Crippen LogP contribution in [0.3, 0.4) is 0 Å². The van der Waals surface area contributed by atoms with Crippen molar-refractivity contribution in [2.45, 2.75) is 207 Å². The summed E-state index contributed by atoms with van der Waals surface area (Å²) < 4.78 is 16.7. The number of rotatable bonds is 44. The zero-order valence-corrected chi connectivity index (χ0v) is 41.4. The van der Waals surface area contributed by atoms with E-state index in [2.05, 4.69) is 93.7 Å². The number of allylic oxidation sites excluding steroid dienone is 22. The lowest BCUT2D eigenvalue weighted by atomic mass is 10.0. The lowest BCUT2D eigenvalue weighted by Crippen LogP contribution is -2.30. The van der Waals surface area contributed by atoms with Crippen LogP contribution in [0.5, 0.6) is 0 Å². The molecule has 0 aliphatic heterocycles. The van der Waals surface area contributed by atoms with Crippen LogP contribution < -0.4 is 0 Å². The molecule has 6 nitrogen and oxygen atoms in total. The molecule has 65 heavy (non-hydrogen) atoms. The Balaban J connectivity index is 4.59. The summed E-state index contributed by atoms with van der Waals surface area (Å²) in [5.74, 6) is -1.06. The Morgan fingerprint density at radius 2 is 0.708 bits per heavy atom. The summed E-state index contributed by atoms with van der Waals surface area (Å²) in [4.78, 5) is 37.9. The standard InChI is InChI=1S/C59H92O6/c1-4-7-10-13-16-19-22-25-27-28-29-30-32-34-37-40-43-46-49-52-58(61)64-55-56(54-63-57(60)51-48-45-42-39-36-33-24-21-18-15-12-9-6-3)65-59(62)53-50-47-44-41-38-35-31-26-23-20-17-14-11-8-5-2/h7-8,10-11,14,16-17,19-20,23,25-27,29-31,34-35,37-38,43,46,56H,4-6,9,12-13,15,18,21-22,24,28,32-33,36,39-42,44-45,47-55H2,1-3H3/b10-7-,11-8-,17-14-,19-16-,23-20-,27-25-,30-29-,31-26-,37-34-,38-35-,46-43-. The van der Waals surface area contributed by atoms with Crippen molar-refractivity contribution in [2.75, 3.05) is 13.2 Å². The maximum atomic E-state index is 12.8. The molecule has 0 spiro atoms. The number of carbonyl (C=O) groups is 3. The van der Waals surface area contributed by atoms with Gasteiger partial charge in [0.1, 0.15) is 13.2 Å². The molecule has 0 fully saturated rings. The zero-order valence-electron chi connectivity index (χ0n) is 41.4. The van der Waals surface area contributed by atoms with Gasteiger partial charge in [0.25, 0.3) is 0 Å². The van der Waals surface area contributed by atoms with E-state index in [1.54, 1.807) is 0 Å². The highest BCUT2D eigenvalue weighted by molar-refractivity contribution is 5.71. The molecule has 0 radical (unpaired) electrons. The largest absolute Gasteiger partial charge is 0.462 e. The first-order chi connectivity index (χ1) is 32.0. The molecule has 0 aliphatic rings. The molecule has 6 heteroatoms. The van der Waals surface area contributed by atoms with Gasteiger partial charge in [-0.25, -0.2) is 0 Å². The van der Waals surface area contributed by atoms with Gasteiger partial charge in [0, 0.05) is 19.3 Å². The Morgan fingerprint density at radius 1 is 0.338 bits per heavy atom. The molecule has 0 aromatic rings. The third kappa shape index (κ3) is 50.4. The monoisotopic (exact) mass is 897 g/mol. The van der Waals surface area contributed by atoms with Gasteiger partial charge in [-0.3, -0.25) is 14.4 Å². The first kappa shape index (κ1) is 60.6. The van der Waals surface area contributed by atoms with Crippen LogP contribution in [-0.2, 0) is 28.6 Å². The molecule has 1 unspecified atom stereocenters. The van der Waals surface area contributed by atoms with Crippen molar-refractivity contribution in [3.05, 3.63) is 134 Å². The van der Waals surface area contributed by atoms with Gasteiger partial charge in [-0.2, -0.15) is 0 Å². The minimum absolute atomic E-state index is 0.122. The molecule has 0 N–H and O–H groups in total. The maximum absolute atomic E-state index is 12.8. The van der Waals surface area contributed by atoms with Crippen molar-refractivity contribution in [1.29, 1.82) is 0 Å². The maximum Gasteiger partial charge on any atom is 0.306 e. The summed E-state index contributed by atoms with van der Waals surface area (Å²) in [5.41, 5.74) is 0. The van der Waals surface area contributed by atoms with Crippen molar-refractivity contribution in [2.24, 2.45) is 0 Å². The van der Waals surface area contributed by atoms with Gasteiger partial charge in [-0.15, -0.1) is 0 Å². The molecule has 0 aromatic heterocycles. The van der Waals surface area contributed by atoms with E-state index < -0.39 is 6.10 Å². The summed E-state index contributed by atoms with van der Waals surface area (Å²) in [6.45, 7) is 6.26. The Morgan fingerprint density at radius 3 is 1.18 bits per heavy atom. The molecule has 1 atom stereocenters.